The molecule has 1 aromatic rings. The van der Waals surface area contributed by atoms with Crippen molar-refractivity contribution in [3.8, 4) is 6.07 Å². The van der Waals surface area contributed by atoms with E-state index < -0.39 is 5.91 Å². The molecule has 2 aliphatic rings. The van der Waals surface area contributed by atoms with Crippen molar-refractivity contribution in [3.05, 3.63) is 24.0 Å². The third kappa shape index (κ3) is 3.04. The van der Waals surface area contributed by atoms with Crippen molar-refractivity contribution in [2.75, 3.05) is 36.4 Å². The predicted octanol–water partition coefficient (Wildman–Crippen LogP) is 1.96. The Bertz CT molecular complexity index is 613. The smallest absolute Gasteiger partial charge is 0.238 e. The van der Waals surface area contributed by atoms with Crippen LogP contribution in [0.4, 0.5) is 15.8 Å². The molecule has 0 radical (unpaired) electrons. The Morgan fingerprint density at radius 2 is 2.27 bits per heavy atom. The Morgan fingerprint density at radius 1 is 1.41 bits per heavy atom. The molecule has 0 saturated carbocycles. The van der Waals surface area contributed by atoms with Crippen molar-refractivity contribution < 1.29 is 9.18 Å². The molecule has 0 bridgehead atoms. The fourth-order valence-corrected chi connectivity index (χ4v) is 3.33. The number of piperazine rings is 1. The van der Waals surface area contributed by atoms with Crippen LogP contribution >= 0.6 is 0 Å². The fraction of sp³-hybridized carbons (Fsp3) is 0.500. The van der Waals surface area contributed by atoms with Gasteiger partial charge in [0.1, 0.15) is 12.2 Å². The van der Waals surface area contributed by atoms with Gasteiger partial charge < -0.3 is 10.2 Å². The van der Waals surface area contributed by atoms with Gasteiger partial charge in [-0.2, -0.15) is 5.26 Å². The summed E-state index contributed by atoms with van der Waals surface area (Å²) in [6, 6.07) is 7.02. The second-order valence-electron chi connectivity index (χ2n) is 5.83. The molecule has 2 heterocycles. The van der Waals surface area contributed by atoms with E-state index in [1.807, 2.05) is 0 Å². The molecule has 2 saturated heterocycles. The number of benzene rings is 1. The number of nitriles is 1. The minimum absolute atomic E-state index is 0.229. The van der Waals surface area contributed by atoms with Gasteiger partial charge in [-0.3, -0.25) is 9.69 Å². The van der Waals surface area contributed by atoms with Crippen molar-refractivity contribution in [2.45, 2.75) is 25.3 Å². The average Bonchev–Trinajstić information content (AvgIpc) is 2.95. The molecule has 5 nitrogen and oxygen atoms in total. The molecule has 22 heavy (non-hydrogen) atoms. The van der Waals surface area contributed by atoms with Gasteiger partial charge in [0.2, 0.25) is 5.91 Å². The summed E-state index contributed by atoms with van der Waals surface area (Å²) in [7, 11) is 0. The molecule has 2 aliphatic heterocycles. The topological polar surface area (TPSA) is 59.4 Å². The van der Waals surface area contributed by atoms with Gasteiger partial charge in [0, 0.05) is 31.4 Å². The second kappa shape index (κ2) is 6.32. The summed E-state index contributed by atoms with van der Waals surface area (Å²) in [5.41, 5.74) is 0.978. The average molecular weight is 302 g/mol. The van der Waals surface area contributed by atoms with Gasteiger partial charge in [0.25, 0.3) is 0 Å². The molecule has 0 aliphatic carbocycles. The molecule has 1 amide bonds. The maximum atomic E-state index is 14.3. The van der Waals surface area contributed by atoms with E-state index in [9.17, 15) is 9.18 Å². The number of rotatable bonds is 3. The molecular weight excluding hydrogens is 283 g/mol. The number of carbonyl (C=O) groups is 1. The summed E-state index contributed by atoms with van der Waals surface area (Å²) in [6.45, 7) is 3.82. The molecule has 2 fully saturated rings. The molecule has 0 spiro atoms. The van der Waals surface area contributed by atoms with E-state index in [4.69, 9.17) is 5.26 Å². The van der Waals surface area contributed by atoms with Crippen molar-refractivity contribution in [1.29, 1.82) is 5.26 Å². The van der Waals surface area contributed by atoms with Crippen molar-refractivity contribution >= 4 is 17.3 Å². The predicted molar refractivity (Wildman–Crippen MR) is 82.1 cm³/mol. The summed E-state index contributed by atoms with van der Waals surface area (Å²) in [4.78, 5) is 15.9. The van der Waals surface area contributed by atoms with E-state index in [-0.39, 0.29) is 12.2 Å². The SMILES string of the molecule is N#CCC(=O)Nc1ccc(N2CCN3CCCC3C2)c(F)c1. The van der Waals surface area contributed by atoms with Crippen LogP contribution in [-0.4, -0.2) is 43.0 Å². The van der Waals surface area contributed by atoms with Gasteiger partial charge in [-0.1, -0.05) is 0 Å². The number of amides is 1. The van der Waals surface area contributed by atoms with Gasteiger partial charge in [-0.25, -0.2) is 4.39 Å². The lowest BCUT2D eigenvalue weighted by Crippen LogP contribution is -2.50. The number of nitrogens with one attached hydrogen (secondary N) is 1. The van der Waals surface area contributed by atoms with Gasteiger partial charge >= 0.3 is 0 Å². The molecule has 1 aromatic carbocycles. The van der Waals surface area contributed by atoms with E-state index in [1.54, 1.807) is 18.2 Å². The second-order valence-corrected chi connectivity index (χ2v) is 5.83. The molecule has 1 N–H and O–H groups in total. The third-order valence-corrected chi connectivity index (χ3v) is 4.40. The van der Waals surface area contributed by atoms with Crippen molar-refractivity contribution in [3.63, 3.8) is 0 Å². The zero-order chi connectivity index (χ0) is 15.5. The number of halogens is 1. The van der Waals surface area contributed by atoms with Crippen LogP contribution in [0, 0.1) is 17.1 Å². The van der Waals surface area contributed by atoms with E-state index >= 15 is 0 Å². The Morgan fingerprint density at radius 3 is 3.05 bits per heavy atom. The van der Waals surface area contributed by atoms with E-state index in [0.29, 0.717) is 17.4 Å². The number of fused-ring (bicyclic) bond motifs is 1. The number of hydrogen-bond donors (Lipinski definition) is 1. The first-order chi connectivity index (χ1) is 10.7. The largest absolute Gasteiger partial charge is 0.366 e. The lowest BCUT2D eigenvalue weighted by atomic mass is 10.1. The molecule has 3 rings (SSSR count). The van der Waals surface area contributed by atoms with Crippen LogP contribution in [-0.2, 0) is 4.79 Å². The lowest BCUT2D eigenvalue weighted by molar-refractivity contribution is -0.115. The third-order valence-electron chi connectivity index (χ3n) is 4.40. The normalized spacial score (nSPS) is 21.3. The molecule has 1 unspecified atom stereocenters. The fourth-order valence-electron chi connectivity index (χ4n) is 3.33. The number of anilines is 2. The highest BCUT2D eigenvalue weighted by Crippen LogP contribution is 2.28. The molecule has 6 heteroatoms. The highest BCUT2D eigenvalue weighted by Gasteiger charge is 2.31. The van der Waals surface area contributed by atoms with Crippen LogP contribution in [0.2, 0.25) is 0 Å². The van der Waals surface area contributed by atoms with Crippen LogP contribution < -0.4 is 10.2 Å². The van der Waals surface area contributed by atoms with E-state index in [0.717, 1.165) is 26.2 Å². The maximum absolute atomic E-state index is 14.3. The number of carbonyl (C=O) groups excluding carboxylic acids is 1. The van der Waals surface area contributed by atoms with Crippen LogP contribution in [0.5, 0.6) is 0 Å². The first-order valence-electron chi connectivity index (χ1n) is 7.63. The van der Waals surface area contributed by atoms with E-state index in [2.05, 4.69) is 15.1 Å². The van der Waals surface area contributed by atoms with Gasteiger partial charge in [-0.15, -0.1) is 0 Å². The first-order valence-corrected chi connectivity index (χ1v) is 7.63. The highest BCUT2D eigenvalue weighted by atomic mass is 19.1. The molecule has 116 valence electrons. The monoisotopic (exact) mass is 302 g/mol. The van der Waals surface area contributed by atoms with Gasteiger partial charge in [-0.05, 0) is 37.6 Å². The number of nitrogens with zero attached hydrogens (tertiary/aromatic N) is 3. The minimum Gasteiger partial charge on any atom is -0.366 e. The standard InChI is InChI=1S/C16H19FN4O/c17-14-10-12(19-16(22)5-6-18)3-4-15(14)21-9-8-20-7-1-2-13(20)11-21/h3-4,10,13H,1-2,5,7-9,11H2,(H,19,22). The van der Waals surface area contributed by atoms with Crippen LogP contribution in [0.15, 0.2) is 18.2 Å². The maximum Gasteiger partial charge on any atom is 0.238 e. The Hall–Kier alpha value is -2.13. The quantitative estimate of drug-likeness (QED) is 0.927. The summed E-state index contributed by atoms with van der Waals surface area (Å²) in [5, 5.41) is 11.0. The molecular formula is C16H19FN4O. The number of hydrogen-bond acceptors (Lipinski definition) is 4. The first kappa shape index (κ1) is 14.8. The summed E-state index contributed by atoms with van der Waals surface area (Å²) in [6.07, 6.45) is 2.18. The summed E-state index contributed by atoms with van der Waals surface area (Å²) in [5.74, 6) is -0.754. The molecule has 1 atom stereocenters. The molecule has 0 aromatic heterocycles. The zero-order valence-electron chi connectivity index (χ0n) is 12.4. The zero-order valence-corrected chi connectivity index (χ0v) is 12.4. The van der Waals surface area contributed by atoms with Crippen LogP contribution in [0.1, 0.15) is 19.3 Å². The summed E-state index contributed by atoms with van der Waals surface area (Å²) < 4.78 is 14.3. The Kier molecular flexibility index (Phi) is 4.25. The Balaban J connectivity index is 1.70. The van der Waals surface area contributed by atoms with Crippen molar-refractivity contribution in [2.24, 2.45) is 0 Å². The Labute approximate surface area is 129 Å². The van der Waals surface area contributed by atoms with Crippen LogP contribution in [0.25, 0.3) is 0 Å². The summed E-state index contributed by atoms with van der Waals surface area (Å²) >= 11 is 0. The lowest BCUT2D eigenvalue weighted by Gasteiger charge is -2.39. The van der Waals surface area contributed by atoms with Crippen LogP contribution in [0.3, 0.4) is 0 Å². The highest BCUT2D eigenvalue weighted by molar-refractivity contribution is 5.92. The van der Waals surface area contributed by atoms with E-state index in [1.165, 1.54) is 18.9 Å². The van der Waals surface area contributed by atoms with Gasteiger partial charge in [0.15, 0.2) is 0 Å². The van der Waals surface area contributed by atoms with Crippen molar-refractivity contribution in [1.82, 2.24) is 4.90 Å². The minimum atomic E-state index is -0.422. The van der Waals surface area contributed by atoms with Gasteiger partial charge in [0.05, 0.1) is 11.8 Å².